The van der Waals surface area contributed by atoms with E-state index >= 15 is 0 Å². The normalized spacial score (nSPS) is 12.5. The lowest BCUT2D eigenvalue weighted by Gasteiger charge is -2.18. The highest BCUT2D eigenvalue weighted by atomic mass is 16.6. The minimum atomic E-state index is -0.764. The Morgan fingerprint density at radius 2 is 0.507 bits per heavy atom. The summed E-state index contributed by atoms with van der Waals surface area (Å²) < 4.78 is 16.9. The summed E-state index contributed by atoms with van der Waals surface area (Å²) >= 11 is 0. The largest absolute Gasteiger partial charge is 0.462 e. The van der Waals surface area contributed by atoms with Gasteiger partial charge < -0.3 is 14.2 Å². The second kappa shape index (κ2) is 54.2. The number of rotatable bonds is 56. The second-order valence-electron chi connectivity index (χ2n) is 22.9. The Morgan fingerprint density at radius 3 is 0.754 bits per heavy atom. The molecule has 0 bridgehead atoms. The lowest BCUT2D eigenvalue weighted by atomic mass is 9.99. The summed E-state index contributed by atoms with van der Waals surface area (Å²) in [5.41, 5.74) is 0. The number of carbonyl (C=O) groups is 3. The van der Waals surface area contributed by atoms with Crippen LogP contribution in [0.2, 0.25) is 0 Å². The SMILES string of the molecule is CCC(C)CCCCCCCCCCCCCCCCC(=O)OC[C@H](COC(=O)CCCCCCCCCCCCCCCCCCC(C)C)OC(=O)CCCCCCCCCCCCCC(C)C. The standard InChI is InChI=1S/C63H122O6/c1-7-59(6)51-45-39-33-27-21-15-12-13-17-23-29-35-41-47-53-62(65)68-56-60(69-63(66)54-48-42-36-30-24-18-20-26-32-38-44-50-58(4)5)55-67-61(64)52-46-40-34-28-22-16-11-9-8-10-14-19-25-31-37-43-49-57(2)3/h57-60H,7-56H2,1-6H3/t59?,60-/m0/s1. The monoisotopic (exact) mass is 975 g/mol. The average molecular weight is 976 g/mol. The van der Waals surface area contributed by atoms with E-state index in [-0.39, 0.29) is 31.1 Å². The molecule has 0 heterocycles. The molecule has 0 fully saturated rings. The van der Waals surface area contributed by atoms with Gasteiger partial charge in [-0.25, -0.2) is 0 Å². The zero-order chi connectivity index (χ0) is 50.5. The number of hydrogen-bond acceptors (Lipinski definition) is 6. The number of hydrogen-bond donors (Lipinski definition) is 0. The molecule has 1 unspecified atom stereocenters. The highest BCUT2D eigenvalue weighted by Crippen LogP contribution is 2.19. The molecule has 0 rings (SSSR count). The average Bonchev–Trinajstić information content (AvgIpc) is 3.32. The first kappa shape index (κ1) is 67.4. The van der Waals surface area contributed by atoms with Crippen molar-refractivity contribution in [3.05, 3.63) is 0 Å². The van der Waals surface area contributed by atoms with E-state index in [9.17, 15) is 14.4 Å². The third-order valence-electron chi connectivity index (χ3n) is 14.8. The maximum Gasteiger partial charge on any atom is 0.306 e. The molecule has 0 radical (unpaired) electrons. The Labute approximate surface area is 431 Å². The summed E-state index contributed by atoms with van der Waals surface area (Å²) in [7, 11) is 0. The second-order valence-corrected chi connectivity index (χ2v) is 22.9. The predicted molar refractivity (Wildman–Crippen MR) is 298 cm³/mol. The molecule has 410 valence electrons. The van der Waals surface area contributed by atoms with Crippen molar-refractivity contribution in [3.63, 3.8) is 0 Å². The van der Waals surface area contributed by atoms with Crippen LogP contribution in [0.25, 0.3) is 0 Å². The van der Waals surface area contributed by atoms with Crippen LogP contribution in [0.5, 0.6) is 0 Å². The Morgan fingerprint density at radius 1 is 0.290 bits per heavy atom. The third-order valence-corrected chi connectivity index (χ3v) is 14.8. The lowest BCUT2D eigenvalue weighted by Crippen LogP contribution is -2.30. The third kappa shape index (κ3) is 55.6. The van der Waals surface area contributed by atoms with Gasteiger partial charge in [0.15, 0.2) is 6.10 Å². The van der Waals surface area contributed by atoms with Crippen LogP contribution < -0.4 is 0 Å². The van der Waals surface area contributed by atoms with Crippen LogP contribution in [0.3, 0.4) is 0 Å². The van der Waals surface area contributed by atoms with Crippen LogP contribution in [0.1, 0.15) is 350 Å². The molecular formula is C63H122O6. The molecule has 0 saturated heterocycles. The van der Waals surface area contributed by atoms with E-state index in [0.29, 0.717) is 19.3 Å². The van der Waals surface area contributed by atoms with Crippen LogP contribution in [-0.4, -0.2) is 37.2 Å². The van der Waals surface area contributed by atoms with E-state index in [4.69, 9.17) is 14.2 Å². The molecule has 0 N–H and O–H groups in total. The molecule has 2 atom stereocenters. The zero-order valence-corrected chi connectivity index (χ0v) is 47.6. The van der Waals surface area contributed by atoms with E-state index in [1.807, 2.05) is 0 Å². The van der Waals surface area contributed by atoms with Crippen molar-refractivity contribution in [1.82, 2.24) is 0 Å². The molecule has 0 aromatic heterocycles. The molecule has 0 aliphatic rings. The highest BCUT2D eigenvalue weighted by molar-refractivity contribution is 5.71. The molecular weight excluding hydrogens is 853 g/mol. The van der Waals surface area contributed by atoms with Gasteiger partial charge in [0.05, 0.1) is 0 Å². The maximum atomic E-state index is 12.9. The topological polar surface area (TPSA) is 78.9 Å². The summed E-state index contributed by atoms with van der Waals surface area (Å²) in [4.78, 5) is 38.3. The number of esters is 3. The fourth-order valence-electron chi connectivity index (χ4n) is 9.67. The molecule has 0 aromatic rings. The summed E-state index contributed by atoms with van der Waals surface area (Å²) in [5.74, 6) is 1.74. The number of carbonyl (C=O) groups excluding carboxylic acids is 3. The Bertz CT molecular complexity index is 1070. The maximum absolute atomic E-state index is 12.9. The van der Waals surface area contributed by atoms with Gasteiger partial charge in [-0.15, -0.1) is 0 Å². The van der Waals surface area contributed by atoms with Crippen molar-refractivity contribution in [1.29, 1.82) is 0 Å². The first-order valence-electron chi connectivity index (χ1n) is 31.1. The fourth-order valence-corrected chi connectivity index (χ4v) is 9.67. The molecule has 6 nitrogen and oxygen atoms in total. The van der Waals surface area contributed by atoms with Crippen molar-refractivity contribution in [2.45, 2.75) is 356 Å². The summed E-state index contributed by atoms with van der Waals surface area (Å²) in [6.07, 6.45) is 58.1. The minimum Gasteiger partial charge on any atom is -0.462 e. The predicted octanol–water partition coefficient (Wildman–Crippen LogP) is 20.7. The van der Waals surface area contributed by atoms with Crippen molar-refractivity contribution in [2.24, 2.45) is 17.8 Å². The van der Waals surface area contributed by atoms with Gasteiger partial charge in [0.1, 0.15) is 13.2 Å². The van der Waals surface area contributed by atoms with Gasteiger partial charge in [-0.2, -0.15) is 0 Å². The first-order chi connectivity index (χ1) is 33.6. The molecule has 0 aliphatic carbocycles. The molecule has 0 aromatic carbocycles. The summed E-state index contributed by atoms with van der Waals surface area (Å²) in [6, 6.07) is 0. The van der Waals surface area contributed by atoms with E-state index in [0.717, 1.165) is 75.5 Å². The quantitative estimate of drug-likeness (QED) is 0.0343. The zero-order valence-electron chi connectivity index (χ0n) is 47.6. The van der Waals surface area contributed by atoms with E-state index < -0.39 is 6.10 Å². The summed E-state index contributed by atoms with van der Waals surface area (Å²) in [5, 5.41) is 0. The van der Waals surface area contributed by atoms with Crippen LogP contribution in [-0.2, 0) is 28.6 Å². The van der Waals surface area contributed by atoms with Crippen LogP contribution >= 0.6 is 0 Å². The number of ether oxygens (including phenoxy) is 3. The van der Waals surface area contributed by atoms with Gasteiger partial charge in [-0.1, -0.05) is 311 Å². The van der Waals surface area contributed by atoms with Gasteiger partial charge >= 0.3 is 17.9 Å². The van der Waals surface area contributed by atoms with E-state index in [1.54, 1.807) is 0 Å². The van der Waals surface area contributed by atoms with Crippen molar-refractivity contribution in [3.8, 4) is 0 Å². The number of unbranched alkanes of at least 4 members (excludes halogenated alkanes) is 38. The molecule has 69 heavy (non-hydrogen) atoms. The fraction of sp³-hybridized carbons (Fsp3) is 0.952. The van der Waals surface area contributed by atoms with E-state index in [2.05, 4.69) is 41.5 Å². The lowest BCUT2D eigenvalue weighted by molar-refractivity contribution is -0.167. The first-order valence-corrected chi connectivity index (χ1v) is 31.1. The Balaban J connectivity index is 4.28. The molecule has 6 heteroatoms. The van der Waals surface area contributed by atoms with Gasteiger partial charge in [-0.05, 0) is 37.0 Å². The Hall–Kier alpha value is -1.59. The van der Waals surface area contributed by atoms with Crippen molar-refractivity contribution < 1.29 is 28.6 Å². The minimum absolute atomic E-state index is 0.0630. The van der Waals surface area contributed by atoms with Crippen LogP contribution in [0.15, 0.2) is 0 Å². The van der Waals surface area contributed by atoms with Crippen LogP contribution in [0, 0.1) is 17.8 Å². The summed E-state index contributed by atoms with van der Waals surface area (Å²) in [6.45, 7) is 13.8. The van der Waals surface area contributed by atoms with Crippen molar-refractivity contribution >= 4 is 17.9 Å². The van der Waals surface area contributed by atoms with Crippen molar-refractivity contribution in [2.75, 3.05) is 13.2 Å². The molecule has 0 saturated carbocycles. The molecule has 0 spiro atoms. The smallest absolute Gasteiger partial charge is 0.306 e. The molecule has 0 aliphatic heterocycles. The highest BCUT2D eigenvalue weighted by Gasteiger charge is 2.19. The van der Waals surface area contributed by atoms with Gasteiger partial charge in [0.25, 0.3) is 0 Å². The van der Waals surface area contributed by atoms with E-state index in [1.165, 1.54) is 231 Å². The van der Waals surface area contributed by atoms with Gasteiger partial charge in [0.2, 0.25) is 0 Å². The molecule has 0 amide bonds. The van der Waals surface area contributed by atoms with Gasteiger partial charge in [-0.3, -0.25) is 14.4 Å². The van der Waals surface area contributed by atoms with Crippen LogP contribution in [0.4, 0.5) is 0 Å². The van der Waals surface area contributed by atoms with Gasteiger partial charge in [0, 0.05) is 19.3 Å². The Kier molecular flexibility index (Phi) is 52.9.